The smallest absolute Gasteiger partial charge is 0.158 e. The summed E-state index contributed by atoms with van der Waals surface area (Å²) in [6, 6.07) is 6.79. The van der Waals surface area contributed by atoms with E-state index in [0.29, 0.717) is 0 Å². The molecule has 41 valence electrons. The molecule has 0 aliphatic carbocycles. The number of phenols is 2. The average Bonchev–Trinajstić information content (AvgIpc) is 1.77. The highest BCUT2D eigenvalue weighted by atomic mass is 16.3. The van der Waals surface area contributed by atoms with Gasteiger partial charge in [-0.15, -0.1) is 0 Å². The fraction of sp³-hybridized carbons (Fsp3) is 0. The van der Waals surface area contributed by atoms with Crippen molar-refractivity contribution in [2.75, 3.05) is 0 Å². The number of phenolic OH excluding ortho intramolecular Hbond substituents is 2. The van der Waals surface area contributed by atoms with Crippen LogP contribution in [0.4, 0.5) is 0 Å². The average molecular weight is 109 g/mol. The van der Waals surface area contributed by atoms with Crippen molar-refractivity contribution >= 4 is 0 Å². The van der Waals surface area contributed by atoms with Crippen molar-refractivity contribution in [3.05, 3.63) is 24.3 Å². The van der Waals surface area contributed by atoms with Crippen molar-refractivity contribution in [3.8, 4) is 11.5 Å². The van der Waals surface area contributed by atoms with E-state index >= 15 is 0 Å². The van der Waals surface area contributed by atoms with E-state index in [1.165, 1.54) is 18.2 Å². The molecular weight excluding hydrogens is 104 g/mol. The van der Waals surface area contributed by atoms with Gasteiger partial charge in [-0.05, 0) is 18.2 Å². The Hall–Kier alpha value is -1.18. The third-order valence-electron chi connectivity index (χ3n) is 0.820. The van der Waals surface area contributed by atoms with E-state index in [1.807, 2.05) is 0 Å². The Labute approximate surface area is 47.0 Å². The normalized spacial score (nSPS) is 9.00. The zero-order valence-corrected chi connectivity index (χ0v) is 4.13. The Morgan fingerprint density at radius 2 is 2.00 bits per heavy atom. The Balaban J connectivity index is 3.13. The van der Waals surface area contributed by atoms with Crippen molar-refractivity contribution in [2.24, 2.45) is 0 Å². The minimum absolute atomic E-state index is 0.108. The lowest BCUT2D eigenvalue weighted by molar-refractivity contribution is 0.403. The molecule has 1 aromatic rings. The zero-order valence-electron chi connectivity index (χ0n) is 4.13. The van der Waals surface area contributed by atoms with Crippen LogP contribution in [0.2, 0.25) is 0 Å². The van der Waals surface area contributed by atoms with E-state index in [4.69, 9.17) is 10.2 Å². The maximum absolute atomic E-state index is 8.65. The molecule has 0 atom stereocenters. The lowest BCUT2D eigenvalue weighted by Gasteiger charge is -1.90. The van der Waals surface area contributed by atoms with Gasteiger partial charge in [0.15, 0.2) is 11.5 Å². The SMILES string of the molecule is Oc1c[c]ccc1O. The van der Waals surface area contributed by atoms with Gasteiger partial charge in [-0.25, -0.2) is 0 Å². The van der Waals surface area contributed by atoms with Gasteiger partial charge in [-0.1, -0.05) is 6.07 Å². The van der Waals surface area contributed by atoms with Gasteiger partial charge in [0.2, 0.25) is 0 Å². The Bertz CT molecular complexity index is 163. The van der Waals surface area contributed by atoms with Gasteiger partial charge in [-0.3, -0.25) is 0 Å². The molecule has 0 spiro atoms. The number of hydrogen-bond donors (Lipinski definition) is 2. The summed E-state index contributed by atoms with van der Waals surface area (Å²) in [5.41, 5.74) is 0. The summed E-state index contributed by atoms with van der Waals surface area (Å²) in [6.07, 6.45) is 0. The molecule has 1 aromatic carbocycles. The van der Waals surface area contributed by atoms with Crippen LogP contribution in [0.25, 0.3) is 0 Å². The molecule has 1 radical (unpaired) electrons. The molecule has 1 rings (SSSR count). The van der Waals surface area contributed by atoms with Gasteiger partial charge in [0.25, 0.3) is 0 Å². The van der Waals surface area contributed by atoms with Crippen LogP contribution in [-0.2, 0) is 0 Å². The zero-order chi connectivity index (χ0) is 5.98. The summed E-state index contributed by atoms with van der Waals surface area (Å²) in [5, 5.41) is 17.3. The highest BCUT2D eigenvalue weighted by Crippen LogP contribution is 2.20. The first-order chi connectivity index (χ1) is 3.80. The second-order valence-corrected chi connectivity index (χ2v) is 1.41. The van der Waals surface area contributed by atoms with Gasteiger partial charge >= 0.3 is 0 Å². The van der Waals surface area contributed by atoms with Gasteiger partial charge < -0.3 is 10.2 Å². The molecule has 0 fully saturated rings. The predicted molar refractivity (Wildman–Crippen MR) is 28.6 cm³/mol. The summed E-state index contributed by atoms with van der Waals surface area (Å²) in [4.78, 5) is 0. The summed E-state index contributed by atoms with van der Waals surface area (Å²) in [6.45, 7) is 0. The lowest BCUT2D eigenvalue weighted by Crippen LogP contribution is -1.63. The molecule has 0 aliphatic heterocycles. The van der Waals surface area contributed by atoms with Crippen LogP contribution in [0.5, 0.6) is 11.5 Å². The molecule has 2 N–H and O–H groups in total. The van der Waals surface area contributed by atoms with Crippen LogP contribution in [0.1, 0.15) is 0 Å². The fourth-order valence-electron chi connectivity index (χ4n) is 0.413. The van der Waals surface area contributed by atoms with Gasteiger partial charge in [0.1, 0.15) is 0 Å². The Morgan fingerprint density at radius 3 is 2.38 bits per heavy atom. The molecular formula is C6H5O2. The summed E-state index contributed by atoms with van der Waals surface area (Å²) >= 11 is 0. The van der Waals surface area contributed by atoms with Crippen molar-refractivity contribution in [1.82, 2.24) is 0 Å². The largest absolute Gasteiger partial charge is 0.504 e. The third-order valence-corrected chi connectivity index (χ3v) is 0.820. The van der Waals surface area contributed by atoms with Crippen molar-refractivity contribution < 1.29 is 10.2 Å². The Morgan fingerprint density at radius 1 is 1.25 bits per heavy atom. The van der Waals surface area contributed by atoms with Crippen LogP contribution in [0.15, 0.2) is 18.2 Å². The molecule has 0 bridgehead atoms. The van der Waals surface area contributed by atoms with Crippen LogP contribution in [-0.4, -0.2) is 10.2 Å². The molecule has 0 aliphatic rings. The fourth-order valence-corrected chi connectivity index (χ4v) is 0.413. The summed E-state index contributed by atoms with van der Waals surface area (Å²) in [7, 11) is 0. The molecule has 0 unspecified atom stereocenters. The summed E-state index contributed by atoms with van der Waals surface area (Å²) in [5.74, 6) is -0.240. The first-order valence-electron chi connectivity index (χ1n) is 2.19. The highest BCUT2D eigenvalue weighted by molar-refractivity contribution is 5.35. The molecule has 2 heteroatoms. The van der Waals surface area contributed by atoms with E-state index in [9.17, 15) is 0 Å². The quantitative estimate of drug-likeness (QED) is 0.486. The third kappa shape index (κ3) is 0.729. The minimum Gasteiger partial charge on any atom is -0.504 e. The molecule has 2 nitrogen and oxygen atoms in total. The Kier molecular flexibility index (Phi) is 1.08. The molecule has 0 amide bonds. The second-order valence-electron chi connectivity index (χ2n) is 1.41. The van der Waals surface area contributed by atoms with Crippen LogP contribution in [0.3, 0.4) is 0 Å². The number of hydrogen-bond acceptors (Lipinski definition) is 2. The van der Waals surface area contributed by atoms with Gasteiger partial charge in [0, 0.05) is 0 Å². The maximum Gasteiger partial charge on any atom is 0.158 e. The molecule has 0 aromatic heterocycles. The monoisotopic (exact) mass is 109 g/mol. The van der Waals surface area contributed by atoms with Crippen LogP contribution >= 0.6 is 0 Å². The number of rotatable bonds is 0. The van der Waals surface area contributed by atoms with Crippen molar-refractivity contribution in [2.45, 2.75) is 0 Å². The highest BCUT2D eigenvalue weighted by Gasteiger charge is 1.90. The summed E-state index contributed by atoms with van der Waals surface area (Å²) < 4.78 is 0. The van der Waals surface area contributed by atoms with E-state index < -0.39 is 0 Å². The first-order valence-corrected chi connectivity index (χ1v) is 2.19. The van der Waals surface area contributed by atoms with Crippen molar-refractivity contribution in [1.29, 1.82) is 0 Å². The van der Waals surface area contributed by atoms with E-state index in [1.54, 1.807) is 0 Å². The van der Waals surface area contributed by atoms with E-state index in [2.05, 4.69) is 6.07 Å². The molecule has 0 heterocycles. The topological polar surface area (TPSA) is 40.5 Å². The van der Waals surface area contributed by atoms with Crippen LogP contribution < -0.4 is 0 Å². The number of benzene rings is 1. The standard InChI is InChI=1S/C6H5O2/c7-5-3-1-2-4-6(5)8/h1,3-4,7-8H. The molecule has 0 saturated heterocycles. The van der Waals surface area contributed by atoms with Gasteiger partial charge in [-0.2, -0.15) is 0 Å². The minimum atomic E-state index is -0.132. The van der Waals surface area contributed by atoms with Gasteiger partial charge in [0.05, 0.1) is 0 Å². The lowest BCUT2D eigenvalue weighted by atomic mass is 10.3. The van der Waals surface area contributed by atoms with E-state index in [-0.39, 0.29) is 11.5 Å². The molecule has 8 heavy (non-hydrogen) atoms. The van der Waals surface area contributed by atoms with E-state index in [0.717, 1.165) is 0 Å². The first kappa shape index (κ1) is 4.97. The number of aromatic hydroxyl groups is 2. The molecule has 0 saturated carbocycles. The second kappa shape index (κ2) is 1.74. The maximum atomic E-state index is 8.65. The van der Waals surface area contributed by atoms with Crippen molar-refractivity contribution in [3.63, 3.8) is 0 Å². The van der Waals surface area contributed by atoms with Crippen LogP contribution in [0, 0.1) is 6.07 Å². The predicted octanol–water partition coefficient (Wildman–Crippen LogP) is 0.898.